The molecule has 1 aliphatic rings. The van der Waals surface area contributed by atoms with Crippen molar-refractivity contribution < 1.29 is 19.2 Å². The molecular formula is C17H18N2O5. The maximum atomic E-state index is 11.3. The lowest BCUT2D eigenvalue weighted by Crippen LogP contribution is -2.31. The highest BCUT2D eigenvalue weighted by Gasteiger charge is 2.40. The number of carboxylic acid groups (broad SMARTS) is 1. The van der Waals surface area contributed by atoms with Crippen molar-refractivity contribution in [3.05, 3.63) is 52.3 Å². The molecule has 0 spiro atoms. The highest BCUT2D eigenvalue weighted by Crippen LogP contribution is 2.32. The molecule has 1 N–H and O–H groups in total. The molecule has 0 radical (unpaired) electrons. The summed E-state index contributed by atoms with van der Waals surface area (Å²) in [4.78, 5) is 23.8. The fourth-order valence-electron chi connectivity index (χ4n) is 2.98. The molecule has 1 aromatic carbocycles. The number of nitro groups is 1. The van der Waals surface area contributed by atoms with Crippen LogP contribution in [0.4, 0.5) is 5.69 Å². The molecule has 7 nitrogen and oxygen atoms in total. The van der Waals surface area contributed by atoms with E-state index in [1.54, 1.807) is 25.1 Å². The molecule has 0 amide bonds. The normalized spacial score (nSPS) is 21.0. The van der Waals surface area contributed by atoms with Crippen molar-refractivity contribution in [2.24, 2.45) is 5.41 Å². The van der Waals surface area contributed by atoms with Crippen LogP contribution in [0.1, 0.15) is 19.1 Å². The van der Waals surface area contributed by atoms with Gasteiger partial charge in [-0.3, -0.25) is 19.8 Å². The van der Waals surface area contributed by atoms with Crippen LogP contribution in [0.3, 0.4) is 0 Å². The van der Waals surface area contributed by atoms with Crippen molar-refractivity contribution in [3.63, 3.8) is 0 Å². The van der Waals surface area contributed by atoms with Crippen LogP contribution >= 0.6 is 0 Å². The van der Waals surface area contributed by atoms with E-state index in [0.29, 0.717) is 43.1 Å². The number of hydrogen-bond donors (Lipinski definition) is 1. The number of likely N-dealkylation sites (tertiary alicyclic amines) is 1. The van der Waals surface area contributed by atoms with Gasteiger partial charge in [0.05, 0.1) is 16.9 Å². The summed E-state index contributed by atoms with van der Waals surface area (Å²) >= 11 is 0. The molecule has 24 heavy (non-hydrogen) atoms. The molecule has 1 saturated heterocycles. The van der Waals surface area contributed by atoms with Gasteiger partial charge in [-0.2, -0.15) is 0 Å². The number of aliphatic carboxylic acids is 1. The lowest BCUT2D eigenvalue weighted by atomic mass is 9.90. The Hall–Kier alpha value is -2.67. The zero-order valence-corrected chi connectivity index (χ0v) is 13.3. The van der Waals surface area contributed by atoms with Crippen molar-refractivity contribution in [2.75, 3.05) is 13.1 Å². The van der Waals surface area contributed by atoms with E-state index in [0.717, 1.165) is 0 Å². The van der Waals surface area contributed by atoms with E-state index in [9.17, 15) is 20.0 Å². The van der Waals surface area contributed by atoms with E-state index in [-0.39, 0.29) is 5.69 Å². The molecule has 1 aliphatic heterocycles. The minimum atomic E-state index is -0.776. The van der Waals surface area contributed by atoms with Gasteiger partial charge in [-0.15, -0.1) is 0 Å². The third kappa shape index (κ3) is 3.16. The molecule has 2 aromatic rings. The van der Waals surface area contributed by atoms with Gasteiger partial charge in [-0.1, -0.05) is 12.1 Å². The summed E-state index contributed by atoms with van der Waals surface area (Å²) in [6.07, 6.45) is 0.612. The Morgan fingerprint density at radius 2 is 2.21 bits per heavy atom. The first-order valence-corrected chi connectivity index (χ1v) is 7.67. The van der Waals surface area contributed by atoms with Gasteiger partial charge in [0.2, 0.25) is 0 Å². The number of furan rings is 1. The van der Waals surface area contributed by atoms with Gasteiger partial charge in [0, 0.05) is 24.2 Å². The second kappa shape index (κ2) is 6.09. The third-order valence-electron chi connectivity index (χ3n) is 4.45. The molecule has 1 unspecified atom stereocenters. The van der Waals surface area contributed by atoms with E-state index < -0.39 is 16.3 Å². The number of carboxylic acids is 1. The summed E-state index contributed by atoms with van der Waals surface area (Å²) in [6.45, 7) is 3.47. The zero-order valence-electron chi connectivity index (χ0n) is 13.3. The molecule has 0 aliphatic carbocycles. The summed E-state index contributed by atoms with van der Waals surface area (Å²) in [5.41, 5.74) is -0.0513. The Kier molecular flexibility index (Phi) is 4.11. The standard InChI is InChI=1S/C17H18N2O5/c1-17(16(20)21)7-8-18(11-17)10-14-5-6-15(24-14)12-3-2-4-13(9-12)19(22)23/h2-6,9H,7-8,10-11H2,1H3,(H,20,21). The summed E-state index contributed by atoms with van der Waals surface area (Å²) in [5.74, 6) is 0.502. The fraction of sp³-hybridized carbons (Fsp3) is 0.353. The maximum Gasteiger partial charge on any atom is 0.310 e. The quantitative estimate of drug-likeness (QED) is 0.668. The van der Waals surface area contributed by atoms with Crippen LogP contribution in [0.25, 0.3) is 11.3 Å². The van der Waals surface area contributed by atoms with Crippen molar-refractivity contribution >= 4 is 11.7 Å². The number of nitro benzene ring substituents is 1. The van der Waals surface area contributed by atoms with Gasteiger partial charge in [0.25, 0.3) is 5.69 Å². The van der Waals surface area contributed by atoms with Crippen LogP contribution in [0.2, 0.25) is 0 Å². The van der Waals surface area contributed by atoms with Crippen molar-refractivity contribution in [1.29, 1.82) is 0 Å². The van der Waals surface area contributed by atoms with Gasteiger partial charge in [-0.25, -0.2) is 0 Å². The number of hydrogen-bond acceptors (Lipinski definition) is 5. The molecule has 1 fully saturated rings. The minimum absolute atomic E-state index is 0.0159. The lowest BCUT2D eigenvalue weighted by Gasteiger charge is -2.19. The van der Waals surface area contributed by atoms with Crippen molar-refractivity contribution in [2.45, 2.75) is 19.9 Å². The number of carbonyl (C=O) groups is 1. The third-order valence-corrected chi connectivity index (χ3v) is 4.45. The highest BCUT2D eigenvalue weighted by molar-refractivity contribution is 5.74. The van der Waals surface area contributed by atoms with E-state index in [4.69, 9.17) is 4.42 Å². The summed E-state index contributed by atoms with van der Waals surface area (Å²) in [5, 5.41) is 20.1. The second-order valence-electron chi connectivity index (χ2n) is 6.40. The Labute approximate surface area is 138 Å². The molecule has 7 heteroatoms. The number of non-ortho nitro benzene ring substituents is 1. The molecular weight excluding hydrogens is 312 g/mol. The van der Waals surface area contributed by atoms with E-state index in [1.807, 2.05) is 11.0 Å². The van der Waals surface area contributed by atoms with Gasteiger partial charge in [-0.05, 0) is 32.0 Å². The van der Waals surface area contributed by atoms with E-state index in [1.165, 1.54) is 12.1 Å². The van der Waals surface area contributed by atoms with Crippen LogP contribution in [0.15, 0.2) is 40.8 Å². The van der Waals surface area contributed by atoms with Crippen molar-refractivity contribution in [3.8, 4) is 11.3 Å². The fourth-order valence-corrected chi connectivity index (χ4v) is 2.98. The minimum Gasteiger partial charge on any atom is -0.481 e. The summed E-state index contributed by atoms with van der Waals surface area (Å²) in [6, 6.07) is 9.89. The number of nitrogens with zero attached hydrogens (tertiary/aromatic N) is 2. The Balaban J connectivity index is 1.72. The largest absolute Gasteiger partial charge is 0.481 e. The van der Waals surface area contributed by atoms with Crippen LogP contribution in [0.5, 0.6) is 0 Å². The number of rotatable bonds is 5. The SMILES string of the molecule is CC1(C(=O)O)CCN(Cc2ccc(-c3cccc([N+](=O)[O-])c3)o2)C1. The van der Waals surface area contributed by atoms with Crippen molar-refractivity contribution in [1.82, 2.24) is 4.90 Å². The van der Waals surface area contributed by atoms with E-state index in [2.05, 4.69) is 0 Å². The second-order valence-corrected chi connectivity index (χ2v) is 6.40. The van der Waals surface area contributed by atoms with Gasteiger partial charge in [0.15, 0.2) is 0 Å². The Morgan fingerprint density at radius 3 is 2.88 bits per heavy atom. The Bertz CT molecular complexity index is 785. The molecule has 0 saturated carbocycles. The molecule has 0 bridgehead atoms. The zero-order chi connectivity index (χ0) is 17.3. The molecule has 126 valence electrons. The van der Waals surface area contributed by atoms with E-state index >= 15 is 0 Å². The molecule has 2 heterocycles. The van der Waals surface area contributed by atoms with Crippen LogP contribution in [-0.2, 0) is 11.3 Å². The maximum absolute atomic E-state index is 11.3. The van der Waals surface area contributed by atoms with Gasteiger partial charge in [0.1, 0.15) is 11.5 Å². The smallest absolute Gasteiger partial charge is 0.310 e. The van der Waals surface area contributed by atoms with Gasteiger partial charge >= 0.3 is 5.97 Å². The average molecular weight is 330 g/mol. The Morgan fingerprint density at radius 1 is 1.42 bits per heavy atom. The molecule has 1 aromatic heterocycles. The monoisotopic (exact) mass is 330 g/mol. The lowest BCUT2D eigenvalue weighted by molar-refractivity contribution is -0.384. The molecule has 1 atom stereocenters. The van der Waals surface area contributed by atoms with Crippen LogP contribution in [0, 0.1) is 15.5 Å². The summed E-state index contributed by atoms with van der Waals surface area (Å²) in [7, 11) is 0. The van der Waals surface area contributed by atoms with Crippen LogP contribution < -0.4 is 0 Å². The van der Waals surface area contributed by atoms with Gasteiger partial charge < -0.3 is 9.52 Å². The van der Waals surface area contributed by atoms with Crippen LogP contribution in [-0.4, -0.2) is 34.0 Å². The first-order valence-electron chi connectivity index (χ1n) is 7.67. The number of benzene rings is 1. The molecule has 3 rings (SSSR count). The summed E-state index contributed by atoms with van der Waals surface area (Å²) < 4.78 is 5.78. The topological polar surface area (TPSA) is 96.8 Å². The predicted molar refractivity (Wildman–Crippen MR) is 86.4 cm³/mol. The average Bonchev–Trinajstić information content (AvgIpc) is 3.16. The highest BCUT2D eigenvalue weighted by atomic mass is 16.6. The first kappa shape index (κ1) is 16.2. The first-order chi connectivity index (χ1) is 11.4. The predicted octanol–water partition coefficient (Wildman–Crippen LogP) is 3.15.